The molecule has 6 heteroatoms. The van der Waals surface area contributed by atoms with Crippen LogP contribution in [-0.4, -0.2) is 31.8 Å². The normalized spacial score (nSPS) is 32.2. The van der Waals surface area contributed by atoms with Crippen LogP contribution in [0, 0.1) is 17.3 Å². The van der Waals surface area contributed by atoms with Gasteiger partial charge >= 0.3 is 5.97 Å². The first kappa shape index (κ1) is 14.8. The minimum Gasteiger partial charge on any atom is -0.481 e. The van der Waals surface area contributed by atoms with Gasteiger partial charge in [0, 0.05) is 6.54 Å². The standard InChI is InChI=1S/C13H23NO4S/c1-10-4-6-13(7-5-10,12(15)16)9-14-19(17,18)8-11-2-3-11/h10-11,14H,2-9H2,1H3,(H,15,16). The van der Waals surface area contributed by atoms with Crippen molar-refractivity contribution in [2.24, 2.45) is 17.3 Å². The molecule has 110 valence electrons. The maximum atomic E-state index is 11.8. The van der Waals surface area contributed by atoms with Gasteiger partial charge in [-0.25, -0.2) is 13.1 Å². The molecular weight excluding hydrogens is 266 g/mol. The summed E-state index contributed by atoms with van der Waals surface area (Å²) < 4.78 is 26.2. The van der Waals surface area contributed by atoms with Gasteiger partial charge in [0.05, 0.1) is 11.2 Å². The molecule has 2 aliphatic carbocycles. The van der Waals surface area contributed by atoms with E-state index in [9.17, 15) is 18.3 Å². The topological polar surface area (TPSA) is 83.5 Å². The summed E-state index contributed by atoms with van der Waals surface area (Å²) in [6.07, 6.45) is 4.79. The number of hydrogen-bond acceptors (Lipinski definition) is 3. The van der Waals surface area contributed by atoms with Gasteiger partial charge < -0.3 is 5.11 Å². The molecule has 2 rings (SSSR count). The SMILES string of the molecule is CC1CCC(CNS(=O)(=O)CC2CC2)(C(=O)O)CC1. The van der Waals surface area contributed by atoms with Crippen LogP contribution in [0.1, 0.15) is 45.4 Å². The second-order valence-electron chi connectivity index (χ2n) is 6.31. The van der Waals surface area contributed by atoms with Crippen molar-refractivity contribution in [2.75, 3.05) is 12.3 Å². The molecule has 5 nitrogen and oxygen atoms in total. The first-order valence-electron chi connectivity index (χ1n) is 7.04. The Morgan fingerprint density at radius 1 is 1.26 bits per heavy atom. The summed E-state index contributed by atoms with van der Waals surface area (Å²) in [6.45, 7) is 2.16. The summed E-state index contributed by atoms with van der Waals surface area (Å²) in [4.78, 5) is 11.5. The van der Waals surface area contributed by atoms with E-state index in [2.05, 4.69) is 11.6 Å². The largest absolute Gasteiger partial charge is 0.481 e. The van der Waals surface area contributed by atoms with E-state index in [1.165, 1.54) is 0 Å². The summed E-state index contributed by atoms with van der Waals surface area (Å²) in [5.41, 5.74) is -0.900. The molecule has 0 aromatic heterocycles. The Hall–Kier alpha value is -0.620. The molecule has 2 fully saturated rings. The zero-order chi connectivity index (χ0) is 14.1. The number of sulfonamides is 1. The number of carboxylic acid groups (broad SMARTS) is 1. The van der Waals surface area contributed by atoms with E-state index in [1.54, 1.807) is 0 Å². The molecule has 0 atom stereocenters. The highest BCUT2D eigenvalue weighted by Gasteiger charge is 2.42. The third-order valence-corrected chi connectivity index (χ3v) is 5.96. The monoisotopic (exact) mass is 289 g/mol. The molecule has 0 amide bonds. The number of carboxylic acids is 1. The first-order valence-corrected chi connectivity index (χ1v) is 8.69. The van der Waals surface area contributed by atoms with Gasteiger partial charge in [0.25, 0.3) is 0 Å². The quantitative estimate of drug-likeness (QED) is 0.778. The van der Waals surface area contributed by atoms with Crippen LogP contribution in [0.2, 0.25) is 0 Å². The van der Waals surface area contributed by atoms with Crippen LogP contribution in [0.5, 0.6) is 0 Å². The third kappa shape index (κ3) is 3.92. The lowest BCUT2D eigenvalue weighted by molar-refractivity contribution is -0.151. The van der Waals surface area contributed by atoms with Crippen LogP contribution in [0.15, 0.2) is 0 Å². The molecule has 0 heterocycles. The predicted octanol–water partition coefficient (Wildman–Crippen LogP) is 1.60. The number of carbonyl (C=O) groups is 1. The number of aliphatic carboxylic acids is 1. The van der Waals surface area contributed by atoms with Crippen LogP contribution in [-0.2, 0) is 14.8 Å². The Morgan fingerprint density at radius 3 is 2.32 bits per heavy atom. The van der Waals surface area contributed by atoms with E-state index < -0.39 is 21.4 Å². The maximum Gasteiger partial charge on any atom is 0.310 e. The third-order valence-electron chi connectivity index (χ3n) is 4.47. The smallest absolute Gasteiger partial charge is 0.310 e. The number of nitrogens with one attached hydrogen (secondary N) is 1. The molecule has 0 saturated heterocycles. The average Bonchev–Trinajstić information content (AvgIpc) is 3.12. The molecule has 2 N–H and O–H groups in total. The minimum absolute atomic E-state index is 0.0457. The molecule has 0 spiro atoms. The summed E-state index contributed by atoms with van der Waals surface area (Å²) in [5.74, 6) is 0.104. The van der Waals surface area contributed by atoms with Crippen molar-refractivity contribution in [1.29, 1.82) is 0 Å². The van der Waals surface area contributed by atoms with Crippen LogP contribution >= 0.6 is 0 Å². The molecule has 0 unspecified atom stereocenters. The Morgan fingerprint density at radius 2 is 1.84 bits per heavy atom. The Balaban J connectivity index is 1.95. The average molecular weight is 289 g/mol. The van der Waals surface area contributed by atoms with E-state index in [0.29, 0.717) is 18.8 Å². The molecule has 0 radical (unpaired) electrons. The Labute approximate surface area is 114 Å². The second-order valence-corrected chi connectivity index (χ2v) is 8.17. The van der Waals surface area contributed by atoms with Gasteiger partial charge in [-0.15, -0.1) is 0 Å². The van der Waals surface area contributed by atoms with Crippen LogP contribution < -0.4 is 4.72 Å². The van der Waals surface area contributed by atoms with Crippen molar-refractivity contribution in [2.45, 2.75) is 45.4 Å². The lowest BCUT2D eigenvalue weighted by atomic mass is 9.71. The van der Waals surface area contributed by atoms with Crippen molar-refractivity contribution < 1.29 is 18.3 Å². The van der Waals surface area contributed by atoms with Crippen molar-refractivity contribution in [3.63, 3.8) is 0 Å². The van der Waals surface area contributed by atoms with Gasteiger partial charge in [-0.1, -0.05) is 6.92 Å². The molecule has 0 bridgehead atoms. The Bertz CT molecular complexity index is 434. The fraction of sp³-hybridized carbons (Fsp3) is 0.923. The minimum atomic E-state index is -3.32. The molecule has 19 heavy (non-hydrogen) atoms. The first-order chi connectivity index (χ1) is 8.83. The fourth-order valence-electron chi connectivity index (χ4n) is 2.68. The molecule has 2 saturated carbocycles. The molecule has 0 aromatic carbocycles. The van der Waals surface area contributed by atoms with Gasteiger partial charge in [0.15, 0.2) is 0 Å². The molecule has 0 aromatic rings. The van der Waals surface area contributed by atoms with Crippen LogP contribution in [0.3, 0.4) is 0 Å². The molecular formula is C13H23NO4S. The predicted molar refractivity (Wildman–Crippen MR) is 72.2 cm³/mol. The zero-order valence-electron chi connectivity index (χ0n) is 11.4. The fourth-order valence-corrected chi connectivity index (χ4v) is 4.25. The maximum absolute atomic E-state index is 11.8. The van der Waals surface area contributed by atoms with Gasteiger partial charge in [-0.2, -0.15) is 0 Å². The molecule has 2 aliphatic rings. The van der Waals surface area contributed by atoms with Gasteiger partial charge in [-0.05, 0) is 50.4 Å². The number of rotatable bonds is 6. The second kappa shape index (κ2) is 5.40. The van der Waals surface area contributed by atoms with Gasteiger partial charge in [0.2, 0.25) is 10.0 Å². The van der Waals surface area contributed by atoms with Gasteiger partial charge in [0.1, 0.15) is 0 Å². The summed E-state index contributed by atoms with van der Waals surface area (Å²) in [5, 5.41) is 9.43. The van der Waals surface area contributed by atoms with Crippen LogP contribution in [0.4, 0.5) is 0 Å². The summed E-state index contributed by atoms with van der Waals surface area (Å²) >= 11 is 0. The summed E-state index contributed by atoms with van der Waals surface area (Å²) in [6, 6.07) is 0. The summed E-state index contributed by atoms with van der Waals surface area (Å²) in [7, 11) is -3.32. The highest BCUT2D eigenvalue weighted by Crippen LogP contribution is 2.39. The highest BCUT2D eigenvalue weighted by molar-refractivity contribution is 7.89. The lowest BCUT2D eigenvalue weighted by Gasteiger charge is -2.35. The van der Waals surface area contributed by atoms with Gasteiger partial charge in [-0.3, -0.25) is 4.79 Å². The zero-order valence-corrected chi connectivity index (χ0v) is 12.2. The van der Waals surface area contributed by atoms with Crippen LogP contribution in [0.25, 0.3) is 0 Å². The van der Waals surface area contributed by atoms with Crippen molar-refractivity contribution >= 4 is 16.0 Å². The lowest BCUT2D eigenvalue weighted by Crippen LogP contribution is -2.45. The van der Waals surface area contributed by atoms with Crippen molar-refractivity contribution in [3.8, 4) is 0 Å². The van der Waals surface area contributed by atoms with E-state index in [0.717, 1.165) is 25.7 Å². The van der Waals surface area contributed by atoms with E-state index in [4.69, 9.17) is 0 Å². The van der Waals surface area contributed by atoms with E-state index in [1.807, 2.05) is 0 Å². The van der Waals surface area contributed by atoms with Crippen molar-refractivity contribution in [3.05, 3.63) is 0 Å². The van der Waals surface area contributed by atoms with E-state index >= 15 is 0 Å². The van der Waals surface area contributed by atoms with Crippen molar-refractivity contribution in [1.82, 2.24) is 4.72 Å². The highest BCUT2D eigenvalue weighted by atomic mass is 32.2. The van der Waals surface area contributed by atoms with E-state index in [-0.39, 0.29) is 18.2 Å². The number of hydrogen-bond donors (Lipinski definition) is 2. The molecule has 0 aliphatic heterocycles. The Kier molecular flexibility index (Phi) is 4.20.